The van der Waals surface area contributed by atoms with Crippen LogP contribution in [0.15, 0.2) is 48.5 Å². The zero-order valence-electron chi connectivity index (χ0n) is 15.3. The quantitative estimate of drug-likeness (QED) is 0.774. The molecule has 0 radical (unpaired) electrons. The molecule has 0 atom stereocenters. The number of rotatable bonds is 4. The molecule has 0 saturated carbocycles. The molecule has 0 aliphatic carbocycles. The van der Waals surface area contributed by atoms with Crippen LogP contribution in [0.1, 0.15) is 26.1 Å². The Hall–Kier alpha value is -2.82. The molecular weight excluding hydrogens is 324 g/mol. The summed E-state index contributed by atoms with van der Waals surface area (Å²) in [6.07, 6.45) is 0.546. The van der Waals surface area contributed by atoms with Gasteiger partial charge in [-0.05, 0) is 42.3 Å². The number of anilines is 2. The highest BCUT2D eigenvalue weighted by Crippen LogP contribution is 2.25. The summed E-state index contributed by atoms with van der Waals surface area (Å²) in [5.74, 6) is 1.54. The minimum Gasteiger partial charge on any atom is -0.362 e. The van der Waals surface area contributed by atoms with Gasteiger partial charge in [0, 0.05) is 30.9 Å². The van der Waals surface area contributed by atoms with E-state index in [-0.39, 0.29) is 5.91 Å². The third-order valence-corrected chi connectivity index (χ3v) is 4.77. The fourth-order valence-corrected chi connectivity index (χ4v) is 3.52. The van der Waals surface area contributed by atoms with E-state index in [9.17, 15) is 4.79 Å². The number of hydrogen-bond donors (Lipinski definition) is 1. The molecule has 0 spiro atoms. The third kappa shape index (κ3) is 3.29. The summed E-state index contributed by atoms with van der Waals surface area (Å²) in [6.45, 7) is 6.78. The molecule has 0 bridgehead atoms. The molecule has 0 unspecified atom stereocenters. The van der Waals surface area contributed by atoms with Gasteiger partial charge in [0.05, 0.1) is 17.6 Å². The van der Waals surface area contributed by atoms with Gasteiger partial charge in [-0.1, -0.05) is 26.0 Å². The number of fused-ring (bicyclic) bond motifs is 3. The van der Waals surface area contributed by atoms with Crippen molar-refractivity contribution < 1.29 is 4.79 Å². The maximum absolute atomic E-state index is 11.9. The topological polar surface area (TPSA) is 50.2 Å². The SMILES string of the molecule is CC(C)CC(=O)Nc1ccc(N2CCn3c(nc4ccccc43)C2)cc1. The number of imidazole rings is 1. The Labute approximate surface area is 153 Å². The standard InChI is InChI=1S/C21H24N4O/c1-15(2)13-21(26)22-16-7-9-17(10-8-16)24-11-12-25-19-6-4-3-5-18(19)23-20(25)14-24/h3-10,15H,11-14H2,1-2H3,(H,22,26). The second-order valence-electron chi connectivity index (χ2n) is 7.28. The van der Waals surface area contributed by atoms with Crippen molar-refractivity contribution in [3.05, 3.63) is 54.4 Å². The number of amides is 1. The summed E-state index contributed by atoms with van der Waals surface area (Å²) in [5, 5.41) is 2.96. The van der Waals surface area contributed by atoms with Crippen LogP contribution in [0.25, 0.3) is 11.0 Å². The minimum absolute atomic E-state index is 0.0689. The molecule has 1 N–H and O–H groups in total. The third-order valence-electron chi connectivity index (χ3n) is 4.77. The Morgan fingerprint density at radius 3 is 2.65 bits per heavy atom. The van der Waals surface area contributed by atoms with Crippen LogP contribution < -0.4 is 10.2 Å². The fourth-order valence-electron chi connectivity index (χ4n) is 3.52. The average Bonchev–Trinajstić information content (AvgIpc) is 2.99. The summed E-state index contributed by atoms with van der Waals surface area (Å²) in [4.78, 5) is 19.0. The van der Waals surface area contributed by atoms with Gasteiger partial charge < -0.3 is 14.8 Å². The normalized spacial score (nSPS) is 13.9. The molecule has 0 saturated heterocycles. The first-order valence-corrected chi connectivity index (χ1v) is 9.19. The van der Waals surface area contributed by atoms with Crippen LogP contribution in [0, 0.1) is 5.92 Å². The molecule has 26 heavy (non-hydrogen) atoms. The Morgan fingerprint density at radius 1 is 1.12 bits per heavy atom. The molecule has 1 aliphatic rings. The van der Waals surface area contributed by atoms with Gasteiger partial charge in [0.25, 0.3) is 0 Å². The van der Waals surface area contributed by atoms with Crippen molar-refractivity contribution in [1.82, 2.24) is 9.55 Å². The predicted octanol–water partition coefficient (Wildman–Crippen LogP) is 4.04. The molecule has 2 aromatic carbocycles. The van der Waals surface area contributed by atoms with Gasteiger partial charge in [0.1, 0.15) is 5.82 Å². The van der Waals surface area contributed by atoms with Crippen LogP contribution in [-0.2, 0) is 17.9 Å². The lowest BCUT2D eigenvalue weighted by Gasteiger charge is -2.30. The molecule has 1 aromatic heterocycles. The number of nitrogens with zero attached hydrogens (tertiary/aromatic N) is 3. The van der Waals surface area contributed by atoms with Gasteiger partial charge in [0.15, 0.2) is 0 Å². The summed E-state index contributed by atoms with van der Waals surface area (Å²) in [6, 6.07) is 16.4. The van der Waals surface area contributed by atoms with Crippen LogP contribution >= 0.6 is 0 Å². The van der Waals surface area contributed by atoms with E-state index in [0.29, 0.717) is 12.3 Å². The molecule has 1 aliphatic heterocycles. The van der Waals surface area contributed by atoms with E-state index in [1.165, 1.54) is 5.52 Å². The van der Waals surface area contributed by atoms with Gasteiger partial charge in [-0.2, -0.15) is 0 Å². The first-order valence-electron chi connectivity index (χ1n) is 9.19. The summed E-state index contributed by atoms with van der Waals surface area (Å²) in [7, 11) is 0. The number of benzene rings is 2. The van der Waals surface area contributed by atoms with E-state index in [4.69, 9.17) is 4.98 Å². The predicted molar refractivity (Wildman–Crippen MR) is 105 cm³/mol. The van der Waals surface area contributed by atoms with Gasteiger partial charge in [0.2, 0.25) is 5.91 Å². The number of aromatic nitrogens is 2. The first kappa shape index (κ1) is 16.6. The van der Waals surface area contributed by atoms with Crippen LogP contribution in [0.3, 0.4) is 0 Å². The van der Waals surface area contributed by atoms with Crippen molar-refractivity contribution in [3.63, 3.8) is 0 Å². The zero-order chi connectivity index (χ0) is 18.1. The average molecular weight is 348 g/mol. The highest BCUT2D eigenvalue weighted by molar-refractivity contribution is 5.91. The second kappa shape index (κ2) is 6.83. The highest BCUT2D eigenvalue weighted by Gasteiger charge is 2.20. The minimum atomic E-state index is 0.0689. The molecule has 2 heterocycles. The van der Waals surface area contributed by atoms with E-state index >= 15 is 0 Å². The maximum atomic E-state index is 11.9. The van der Waals surface area contributed by atoms with E-state index in [2.05, 4.69) is 45.1 Å². The van der Waals surface area contributed by atoms with Crippen LogP contribution in [0.4, 0.5) is 11.4 Å². The largest absolute Gasteiger partial charge is 0.362 e. The van der Waals surface area contributed by atoms with Gasteiger partial charge >= 0.3 is 0 Å². The van der Waals surface area contributed by atoms with E-state index in [1.54, 1.807) is 0 Å². The van der Waals surface area contributed by atoms with Crippen molar-refractivity contribution in [2.24, 2.45) is 5.92 Å². The number of carbonyl (C=O) groups is 1. The Kier molecular flexibility index (Phi) is 4.37. The van der Waals surface area contributed by atoms with Crippen LogP contribution in [-0.4, -0.2) is 22.0 Å². The first-order chi connectivity index (χ1) is 12.6. The van der Waals surface area contributed by atoms with Gasteiger partial charge in [-0.25, -0.2) is 4.98 Å². The van der Waals surface area contributed by atoms with Crippen LogP contribution in [0.5, 0.6) is 0 Å². The summed E-state index contributed by atoms with van der Waals surface area (Å²) < 4.78 is 2.31. The number of hydrogen-bond acceptors (Lipinski definition) is 3. The monoisotopic (exact) mass is 348 g/mol. The van der Waals surface area contributed by atoms with Crippen LogP contribution in [0.2, 0.25) is 0 Å². The zero-order valence-corrected chi connectivity index (χ0v) is 15.3. The van der Waals surface area contributed by atoms with Crippen molar-refractivity contribution in [2.75, 3.05) is 16.8 Å². The lowest BCUT2D eigenvalue weighted by Crippen LogP contribution is -2.33. The molecule has 134 valence electrons. The molecular formula is C21H24N4O. The second-order valence-corrected chi connectivity index (χ2v) is 7.28. The van der Waals surface area contributed by atoms with E-state index in [0.717, 1.165) is 42.4 Å². The Morgan fingerprint density at radius 2 is 1.88 bits per heavy atom. The molecule has 3 aromatic rings. The Balaban J connectivity index is 1.48. The van der Waals surface area contributed by atoms with Crippen molar-refractivity contribution in [2.45, 2.75) is 33.4 Å². The molecule has 1 amide bonds. The molecule has 5 nitrogen and oxygen atoms in total. The van der Waals surface area contributed by atoms with E-state index in [1.807, 2.05) is 32.0 Å². The molecule has 4 rings (SSSR count). The summed E-state index contributed by atoms with van der Waals surface area (Å²) in [5.41, 5.74) is 4.28. The molecule has 5 heteroatoms. The van der Waals surface area contributed by atoms with Gasteiger partial charge in [-0.3, -0.25) is 4.79 Å². The number of carbonyl (C=O) groups excluding carboxylic acids is 1. The van der Waals surface area contributed by atoms with Crippen molar-refractivity contribution in [1.29, 1.82) is 0 Å². The number of para-hydroxylation sites is 2. The summed E-state index contributed by atoms with van der Waals surface area (Å²) >= 11 is 0. The lowest BCUT2D eigenvalue weighted by molar-refractivity contribution is -0.116. The Bertz CT molecular complexity index is 927. The highest BCUT2D eigenvalue weighted by atomic mass is 16.1. The van der Waals surface area contributed by atoms with Gasteiger partial charge in [-0.15, -0.1) is 0 Å². The van der Waals surface area contributed by atoms with Crippen molar-refractivity contribution in [3.8, 4) is 0 Å². The number of nitrogens with one attached hydrogen (secondary N) is 1. The van der Waals surface area contributed by atoms with E-state index < -0.39 is 0 Å². The smallest absolute Gasteiger partial charge is 0.224 e. The fraction of sp³-hybridized carbons (Fsp3) is 0.333. The maximum Gasteiger partial charge on any atom is 0.224 e. The van der Waals surface area contributed by atoms with Crippen molar-refractivity contribution >= 4 is 28.3 Å². The molecule has 0 fully saturated rings. The lowest BCUT2D eigenvalue weighted by atomic mass is 10.1.